The maximum Gasteiger partial charge on any atom is 0.226 e. The van der Waals surface area contributed by atoms with E-state index in [0.717, 1.165) is 33.5 Å². The molecule has 5 rings (SSSR count). The quantitative estimate of drug-likeness (QED) is 0.257. The molecule has 4 aromatic rings. The molecule has 4 N–H and O–H groups in total. The lowest BCUT2D eigenvalue weighted by Crippen LogP contribution is -2.42. The lowest BCUT2D eigenvalue weighted by Gasteiger charge is -2.23. The molecule has 0 spiro atoms. The van der Waals surface area contributed by atoms with Crippen LogP contribution in [0, 0.1) is 30.6 Å². The number of fused-ring (bicyclic) bond motifs is 1. The molecule has 0 saturated carbocycles. The number of nitrogens with zero attached hydrogens (tertiary/aromatic N) is 1. The van der Waals surface area contributed by atoms with Gasteiger partial charge in [-0.2, -0.15) is 0 Å². The Morgan fingerprint density at radius 3 is 2.38 bits per heavy atom. The Kier molecular flexibility index (Phi) is 8.61. The van der Waals surface area contributed by atoms with Crippen molar-refractivity contribution in [2.75, 3.05) is 13.2 Å². The van der Waals surface area contributed by atoms with E-state index in [4.69, 9.17) is 4.74 Å². The lowest BCUT2D eigenvalue weighted by molar-refractivity contribution is -0.128. The summed E-state index contributed by atoms with van der Waals surface area (Å²) in [5, 5.41) is 23.5. The van der Waals surface area contributed by atoms with Gasteiger partial charge in [0.1, 0.15) is 5.82 Å². The number of aryl methyl sites for hydroxylation is 1. The first-order valence-electron chi connectivity index (χ1n) is 13.7. The number of para-hydroxylation sites is 2. The topological polar surface area (TPSA) is 107 Å². The molecule has 3 aromatic carbocycles. The minimum atomic E-state index is -0.813. The number of aliphatic hydroxyl groups is 2. The van der Waals surface area contributed by atoms with Crippen molar-refractivity contribution in [2.45, 2.75) is 45.0 Å². The van der Waals surface area contributed by atoms with Gasteiger partial charge in [0, 0.05) is 36.6 Å². The van der Waals surface area contributed by atoms with Crippen LogP contribution in [0.15, 0.2) is 72.8 Å². The van der Waals surface area contributed by atoms with Crippen molar-refractivity contribution in [1.82, 2.24) is 15.3 Å². The van der Waals surface area contributed by atoms with Crippen LogP contribution in [-0.2, 0) is 22.4 Å². The highest BCUT2D eigenvalue weighted by Gasteiger charge is 2.49. The van der Waals surface area contributed by atoms with Crippen molar-refractivity contribution in [2.24, 2.45) is 11.8 Å². The summed E-state index contributed by atoms with van der Waals surface area (Å²) < 4.78 is 6.20. The fraction of sp³-hybridized carbons (Fsp3) is 0.333. The van der Waals surface area contributed by atoms with Gasteiger partial charge in [-0.1, -0.05) is 53.8 Å². The second kappa shape index (κ2) is 12.5. The van der Waals surface area contributed by atoms with E-state index in [2.05, 4.69) is 27.1 Å². The zero-order chi connectivity index (χ0) is 28.1. The number of benzene rings is 3. The van der Waals surface area contributed by atoms with Crippen molar-refractivity contribution in [1.29, 1.82) is 0 Å². The summed E-state index contributed by atoms with van der Waals surface area (Å²) in [6.07, 6.45) is -0.888. The molecule has 1 fully saturated rings. The molecule has 7 heteroatoms. The van der Waals surface area contributed by atoms with Gasteiger partial charge in [-0.3, -0.25) is 4.79 Å². The molecule has 40 heavy (non-hydrogen) atoms. The average Bonchev–Trinajstić information content (AvgIpc) is 3.54. The Morgan fingerprint density at radius 2 is 1.73 bits per heavy atom. The fourth-order valence-corrected chi connectivity index (χ4v) is 5.38. The SMILES string of the molecule is Cc1ccc(C#Cc2ccc(CC3O[C@H]([C@@H](C)O)[C@H](CO)[C@@H]3C(=O)NCCc3nc4ccccc4[nH]3)cc2)cc1. The number of aliphatic hydroxyl groups excluding tert-OH is 2. The second-order valence-corrected chi connectivity index (χ2v) is 10.5. The summed E-state index contributed by atoms with van der Waals surface area (Å²) in [4.78, 5) is 21.3. The summed E-state index contributed by atoms with van der Waals surface area (Å²) in [6, 6.07) is 23.8. The van der Waals surface area contributed by atoms with Gasteiger partial charge in [-0.15, -0.1) is 0 Å². The van der Waals surface area contributed by atoms with Crippen molar-refractivity contribution in [3.8, 4) is 11.8 Å². The Morgan fingerprint density at radius 1 is 1.05 bits per heavy atom. The number of hydrogen-bond acceptors (Lipinski definition) is 5. The van der Waals surface area contributed by atoms with Crippen LogP contribution in [0.4, 0.5) is 0 Å². The number of imidazole rings is 1. The summed E-state index contributed by atoms with van der Waals surface area (Å²) in [5.74, 6) is 5.88. The van der Waals surface area contributed by atoms with Gasteiger partial charge >= 0.3 is 0 Å². The summed E-state index contributed by atoms with van der Waals surface area (Å²) in [5.41, 5.74) is 5.90. The van der Waals surface area contributed by atoms with Crippen LogP contribution in [0.5, 0.6) is 0 Å². The number of hydrogen-bond donors (Lipinski definition) is 4. The van der Waals surface area contributed by atoms with E-state index in [0.29, 0.717) is 19.4 Å². The molecule has 1 saturated heterocycles. The van der Waals surface area contributed by atoms with E-state index in [9.17, 15) is 15.0 Å². The largest absolute Gasteiger partial charge is 0.396 e. The third-order valence-electron chi connectivity index (χ3n) is 7.50. The third-order valence-corrected chi connectivity index (χ3v) is 7.50. The Labute approximate surface area is 234 Å². The third kappa shape index (κ3) is 6.43. The van der Waals surface area contributed by atoms with Gasteiger partial charge in [0.15, 0.2) is 0 Å². The number of rotatable bonds is 8. The number of aromatic nitrogens is 2. The summed E-state index contributed by atoms with van der Waals surface area (Å²) in [6.45, 7) is 3.83. The van der Waals surface area contributed by atoms with E-state index >= 15 is 0 Å². The lowest BCUT2D eigenvalue weighted by atomic mass is 9.83. The predicted molar refractivity (Wildman–Crippen MR) is 155 cm³/mol. The maximum atomic E-state index is 13.4. The van der Waals surface area contributed by atoms with Crippen LogP contribution in [0.3, 0.4) is 0 Å². The number of aromatic amines is 1. The van der Waals surface area contributed by atoms with Crippen LogP contribution < -0.4 is 5.32 Å². The minimum Gasteiger partial charge on any atom is -0.396 e. The molecule has 7 nitrogen and oxygen atoms in total. The molecule has 2 heterocycles. The number of nitrogens with one attached hydrogen (secondary N) is 2. The van der Waals surface area contributed by atoms with Crippen molar-refractivity contribution in [3.63, 3.8) is 0 Å². The number of amides is 1. The number of ether oxygens (including phenoxy) is 1. The standard InChI is InChI=1S/C33H35N3O4/c1-21-7-9-23(10-8-21)11-12-24-13-15-25(16-14-24)19-29-31(26(20-37)32(40-29)22(2)38)33(39)34-18-17-30-35-27-5-3-4-6-28(27)36-30/h3-10,13-16,22,26,29,31-32,37-38H,17-20H2,1-2H3,(H,34,39)(H,35,36)/t22-,26-,29?,31+,32-/m1/s1. The van der Waals surface area contributed by atoms with Crippen LogP contribution in [0.2, 0.25) is 0 Å². The highest BCUT2D eigenvalue weighted by Crippen LogP contribution is 2.36. The average molecular weight is 538 g/mol. The molecular weight excluding hydrogens is 502 g/mol. The monoisotopic (exact) mass is 537 g/mol. The molecule has 1 amide bonds. The highest BCUT2D eigenvalue weighted by atomic mass is 16.5. The van der Waals surface area contributed by atoms with Crippen molar-refractivity contribution >= 4 is 16.9 Å². The van der Waals surface area contributed by atoms with Gasteiger partial charge in [-0.05, 0) is 62.2 Å². The first-order valence-corrected chi connectivity index (χ1v) is 13.7. The Bertz CT molecular complexity index is 1470. The molecule has 1 aliphatic heterocycles. The number of carbonyl (C=O) groups is 1. The van der Waals surface area contributed by atoms with E-state index in [1.165, 1.54) is 5.56 Å². The molecular formula is C33H35N3O4. The van der Waals surface area contributed by atoms with Gasteiger partial charge in [0.25, 0.3) is 0 Å². The summed E-state index contributed by atoms with van der Waals surface area (Å²) in [7, 11) is 0. The molecule has 206 valence electrons. The van der Waals surface area contributed by atoms with E-state index < -0.39 is 30.1 Å². The Hall–Kier alpha value is -3.96. The van der Waals surface area contributed by atoms with Gasteiger partial charge in [0.2, 0.25) is 5.91 Å². The van der Waals surface area contributed by atoms with E-state index in [-0.39, 0.29) is 12.5 Å². The first-order chi connectivity index (χ1) is 19.4. The van der Waals surface area contributed by atoms with Gasteiger partial charge < -0.3 is 25.3 Å². The van der Waals surface area contributed by atoms with E-state index in [1.54, 1.807) is 6.92 Å². The predicted octanol–water partition coefficient (Wildman–Crippen LogP) is 3.55. The summed E-state index contributed by atoms with van der Waals surface area (Å²) >= 11 is 0. The highest BCUT2D eigenvalue weighted by molar-refractivity contribution is 5.80. The van der Waals surface area contributed by atoms with Gasteiger partial charge in [-0.25, -0.2) is 4.98 Å². The first kappa shape index (κ1) is 27.6. The minimum absolute atomic E-state index is 0.191. The molecule has 5 atom stereocenters. The van der Waals surface area contributed by atoms with Crippen LogP contribution >= 0.6 is 0 Å². The van der Waals surface area contributed by atoms with E-state index in [1.807, 2.05) is 79.7 Å². The fourth-order valence-electron chi connectivity index (χ4n) is 5.38. The smallest absolute Gasteiger partial charge is 0.226 e. The van der Waals surface area contributed by atoms with Crippen LogP contribution in [0.25, 0.3) is 11.0 Å². The number of carbonyl (C=O) groups excluding carboxylic acids is 1. The number of H-pyrrole nitrogens is 1. The molecule has 0 radical (unpaired) electrons. The molecule has 0 aliphatic carbocycles. The molecule has 1 aliphatic rings. The van der Waals surface area contributed by atoms with Crippen molar-refractivity contribution < 1.29 is 19.7 Å². The second-order valence-electron chi connectivity index (χ2n) is 10.5. The van der Waals surface area contributed by atoms with Crippen LogP contribution in [-0.4, -0.2) is 57.6 Å². The normalized spacial score (nSPS) is 21.1. The van der Waals surface area contributed by atoms with Crippen LogP contribution in [0.1, 0.15) is 35.0 Å². The molecule has 0 bridgehead atoms. The zero-order valence-corrected chi connectivity index (χ0v) is 22.8. The van der Waals surface area contributed by atoms with Gasteiger partial charge in [0.05, 0.1) is 35.3 Å². The Balaban J connectivity index is 1.25. The maximum absolute atomic E-state index is 13.4. The van der Waals surface area contributed by atoms with Crippen molar-refractivity contribution in [3.05, 3.63) is 101 Å². The zero-order valence-electron chi connectivity index (χ0n) is 22.8. The molecule has 1 unspecified atom stereocenters. The molecule has 1 aromatic heterocycles.